The summed E-state index contributed by atoms with van der Waals surface area (Å²) in [6, 6.07) is 13.5. The summed E-state index contributed by atoms with van der Waals surface area (Å²) in [6.07, 6.45) is 3.89. The average molecular weight is 437 g/mol. The molecule has 0 aromatic heterocycles. The number of benzene rings is 2. The van der Waals surface area contributed by atoms with Gasteiger partial charge in [-0.2, -0.15) is 0 Å². The Labute approximate surface area is 196 Å². The van der Waals surface area contributed by atoms with Crippen LogP contribution in [0.15, 0.2) is 96.6 Å². The third-order valence-electron chi connectivity index (χ3n) is 6.97. The van der Waals surface area contributed by atoms with E-state index in [0.29, 0.717) is 0 Å². The van der Waals surface area contributed by atoms with Gasteiger partial charge < -0.3 is 21.3 Å². The maximum absolute atomic E-state index is 6.18. The molecule has 0 saturated carbocycles. The van der Waals surface area contributed by atoms with Gasteiger partial charge in [0.2, 0.25) is 0 Å². The number of nitrogens with one attached hydrogen (secondary N) is 2. The van der Waals surface area contributed by atoms with Crippen LogP contribution in [0.4, 0.5) is 5.69 Å². The topological polar surface area (TPSA) is 53.3 Å². The van der Waals surface area contributed by atoms with Gasteiger partial charge in [0, 0.05) is 54.3 Å². The first kappa shape index (κ1) is 21.2. The van der Waals surface area contributed by atoms with Crippen LogP contribution >= 0.6 is 0 Å². The maximum Gasteiger partial charge on any atom is 0.0683 e. The fraction of sp³-hybridized carbons (Fsp3) is 0.241. The van der Waals surface area contributed by atoms with E-state index in [2.05, 4.69) is 78.2 Å². The zero-order valence-corrected chi connectivity index (χ0v) is 19.3. The van der Waals surface area contributed by atoms with Gasteiger partial charge in [0.25, 0.3) is 0 Å². The van der Waals surface area contributed by atoms with E-state index >= 15 is 0 Å². The van der Waals surface area contributed by atoms with Crippen molar-refractivity contribution >= 4 is 5.69 Å². The Morgan fingerprint density at radius 1 is 0.939 bits per heavy atom. The van der Waals surface area contributed by atoms with Crippen LogP contribution in [-0.4, -0.2) is 11.4 Å². The molecule has 0 amide bonds. The Kier molecular flexibility index (Phi) is 5.37. The highest BCUT2D eigenvalue weighted by Crippen LogP contribution is 2.38. The van der Waals surface area contributed by atoms with Crippen LogP contribution in [0.25, 0.3) is 0 Å². The van der Waals surface area contributed by atoms with E-state index in [1.165, 1.54) is 33.5 Å². The molecule has 4 heteroatoms. The Hall–Kier alpha value is -3.66. The summed E-state index contributed by atoms with van der Waals surface area (Å²) in [7, 11) is 0. The Bertz CT molecular complexity index is 1230. The molecule has 4 N–H and O–H groups in total. The second-order valence-electron chi connectivity index (χ2n) is 9.35. The Morgan fingerprint density at radius 2 is 1.73 bits per heavy atom. The summed E-state index contributed by atoms with van der Waals surface area (Å²) in [5.74, 6) is 0. The first-order chi connectivity index (χ1) is 15.9. The van der Waals surface area contributed by atoms with E-state index < -0.39 is 0 Å². The average Bonchev–Trinajstić information content (AvgIpc) is 2.82. The number of rotatable bonds is 6. The van der Waals surface area contributed by atoms with Gasteiger partial charge in [-0.3, -0.25) is 0 Å². The van der Waals surface area contributed by atoms with Crippen molar-refractivity contribution in [1.82, 2.24) is 10.2 Å². The van der Waals surface area contributed by atoms with E-state index in [1.807, 2.05) is 0 Å². The number of hydrogen-bond acceptors (Lipinski definition) is 4. The summed E-state index contributed by atoms with van der Waals surface area (Å²) >= 11 is 0. The molecule has 0 spiro atoms. The molecule has 0 radical (unpaired) electrons. The van der Waals surface area contributed by atoms with E-state index in [1.54, 1.807) is 0 Å². The molecule has 0 bridgehead atoms. The minimum Gasteiger partial charge on any atom is -0.397 e. The lowest BCUT2D eigenvalue weighted by molar-refractivity contribution is 0.320. The van der Waals surface area contributed by atoms with Crippen LogP contribution in [0, 0.1) is 0 Å². The minimum atomic E-state index is 0.764. The monoisotopic (exact) mass is 436 g/mol. The van der Waals surface area contributed by atoms with Crippen LogP contribution in [0.3, 0.4) is 0 Å². The van der Waals surface area contributed by atoms with Crippen LogP contribution in [0.5, 0.6) is 0 Å². The molecule has 3 aliphatic rings. The van der Waals surface area contributed by atoms with Crippen molar-refractivity contribution in [2.75, 3.05) is 11.9 Å². The second kappa shape index (κ2) is 8.36. The number of fused-ring (bicyclic) bond motifs is 2. The van der Waals surface area contributed by atoms with E-state index in [4.69, 9.17) is 5.73 Å². The molecular formula is C29H32N4. The third kappa shape index (κ3) is 4.09. The largest absolute Gasteiger partial charge is 0.397 e. The van der Waals surface area contributed by atoms with Gasteiger partial charge in [-0.25, -0.2) is 0 Å². The van der Waals surface area contributed by atoms with Gasteiger partial charge in [-0.1, -0.05) is 56.6 Å². The van der Waals surface area contributed by atoms with Gasteiger partial charge in [0.05, 0.1) is 11.4 Å². The highest BCUT2D eigenvalue weighted by atomic mass is 15.2. The maximum atomic E-state index is 6.18. The molecule has 2 aromatic carbocycles. The smallest absolute Gasteiger partial charge is 0.0683 e. The standard InChI is InChI=1S/C29H32N4/c1-18-5-8-25-10-6-22(15-27(25)32-18)13-19(2)31-16-23-7-9-24-11-12-33(17-26(24)14-23)29-21(4)20(3)28(29)30/h6-7,9-10,14-15,31-32H,1-5,8,11-13,16-17,30H2. The predicted octanol–water partition coefficient (Wildman–Crippen LogP) is 5.06. The molecule has 1 aliphatic carbocycles. The molecule has 0 fully saturated rings. The van der Waals surface area contributed by atoms with Gasteiger partial charge in [0.15, 0.2) is 0 Å². The Morgan fingerprint density at radius 3 is 2.55 bits per heavy atom. The van der Waals surface area contributed by atoms with Crippen molar-refractivity contribution in [2.45, 2.75) is 38.8 Å². The summed E-state index contributed by atoms with van der Waals surface area (Å²) in [4.78, 5) is 2.34. The van der Waals surface area contributed by atoms with Crippen LogP contribution in [-0.2, 0) is 32.4 Å². The number of hydrogen-bond donors (Lipinski definition) is 3. The molecule has 0 saturated heterocycles. The molecule has 33 heavy (non-hydrogen) atoms. The summed E-state index contributed by atoms with van der Waals surface area (Å²) in [6.45, 7) is 19.0. The fourth-order valence-corrected chi connectivity index (χ4v) is 4.96. The summed E-state index contributed by atoms with van der Waals surface area (Å²) in [5, 5.41) is 6.94. The molecule has 168 valence electrons. The third-order valence-corrected chi connectivity index (χ3v) is 6.97. The number of allylic oxidation sites excluding steroid dienone is 4. The Balaban J connectivity index is 1.21. The van der Waals surface area contributed by atoms with Crippen molar-refractivity contribution in [3.05, 3.63) is 124 Å². The molecule has 0 unspecified atom stereocenters. The zero-order chi connectivity index (χ0) is 23.1. The van der Waals surface area contributed by atoms with Gasteiger partial charge in [-0.05, 0) is 53.1 Å². The second-order valence-corrected chi connectivity index (χ2v) is 9.35. The van der Waals surface area contributed by atoms with Gasteiger partial charge >= 0.3 is 0 Å². The molecule has 2 aliphatic heterocycles. The van der Waals surface area contributed by atoms with E-state index in [0.717, 1.165) is 79.3 Å². The highest BCUT2D eigenvalue weighted by molar-refractivity contribution is 5.65. The van der Waals surface area contributed by atoms with Crippen molar-refractivity contribution < 1.29 is 0 Å². The molecule has 2 heterocycles. The SMILES string of the molecule is C=C(Cc1ccc2c(c1)NC(=C)CC2)NCc1ccc2c(c1)CN(C1=C(N)C(=C)C1=C)CC2. The lowest BCUT2D eigenvalue weighted by Crippen LogP contribution is -2.37. The minimum absolute atomic E-state index is 0.764. The first-order valence-corrected chi connectivity index (χ1v) is 11.6. The lowest BCUT2D eigenvalue weighted by atomic mass is 9.87. The zero-order valence-electron chi connectivity index (χ0n) is 19.3. The van der Waals surface area contributed by atoms with Crippen LogP contribution < -0.4 is 16.4 Å². The summed E-state index contributed by atoms with van der Waals surface area (Å²) < 4.78 is 0. The van der Waals surface area contributed by atoms with Gasteiger partial charge in [0.1, 0.15) is 0 Å². The van der Waals surface area contributed by atoms with E-state index in [9.17, 15) is 0 Å². The molecule has 4 nitrogen and oxygen atoms in total. The molecule has 0 atom stereocenters. The fourth-order valence-electron chi connectivity index (χ4n) is 4.96. The predicted molar refractivity (Wildman–Crippen MR) is 137 cm³/mol. The molecular weight excluding hydrogens is 404 g/mol. The molecule has 5 rings (SSSR count). The number of aryl methyl sites for hydroxylation is 1. The lowest BCUT2D eigenvalue weighted by Gasteiger charge is -2.39. The number of anilines is 1. The van der Waals surface area contributed by atoms with Crippen molar-refractivity contribution in [3.63, 3.8) is 0 Å². The number of nitrogens with zero attached hydrogens (tertiary/aromatic N) is 1. The van der Waals surface area contributed by atoms with Crippen molar-refractivity contribution in [3.8, 4) is 0 Å². The van der Waals surface area contributed by atoms with Crippen molar-refractivity contribution in [1.29, 1.82) is 0 Å². The quantitative estimate of drug-likeness (QED) is 0.593. The number of nitrogens with two attached hydrogens (primary N) is 1. The normalized spacial score (nSPS) is 17.2. The molecule has 2 aromatic rings. The van der Waals surface area contributed by atoms with Crippen LogP contribution in [0.1, 0.15) is 34.2 Å². The first-order valence-electron chi connectivity index (χ1n) is 11.6. The highest BCUT2D eigenvalue weighted by Gasteiger charge is 2.30. The van der Waals surface area contributed by atoms with Crippen molar-refractivity contribution in [2.24, 2.45) is 5.73 Å². The van der Waals surface area contributed by atoms with Gasteiger partial charge in [-0.15, -0.1) is 0 Å². The van der Waals surface area contributed by atoms with E-state index in [-0.39, 0.29) is 0 Å². The summed E-state index contributed by atoms with van der Waals surface area (Å²) in [5.41, 5.74) is 19.8. The van der Waals surface area contributed by atoms with Crippen LogP contribution in [0.2, 0.25) is 0 Å².